The third-order valence-electron chi connectivity index (χ3n) is 11.0. The Hall–Kier alpha value is -5.86. The zero-order chi connectivity index (χ0) is 33.0. The largest absolute Gasteiger partial charge is 0.313 e. The van der Waals surface area contributed by atoms with E-state index in [4.69, 9.17) is 0 Å². The van der Waals surface area contributed by atoms with Gasteiger partial charge in [-0.05, 0) is 109 Å². The molecule has 2 unspecified atom stereocenters. The molecule has 0 bridgehead atoms. The first-order valence-corrected chi connectivity index (χ1v) is 18.0. The van der Waals surface area contributed by atoms with Gasteiger partial charge in [0, 0.05) is 44.8 Å². The second-order valence-electron chi connectivity index (χ2n) is 14.0. The lowest BCUT2D eigenvalue weighted by molar-refractivity contribution is 0.852. The first-order chi connectivity index (χ1) is 24.8. The normalized spacial score (nSPS) is 18.6. The number of hydrogen-bond acceptors (Lipinski definition) is 0. The smallest absolute Gasteiger partial charge is 0.0541 e. The molecule has 0 radical (unpaired) electrons. The molecule has 3 aliphatic carbocycles. The first-order valence-electron chi connectivity index (χ1n) is 18.0. The number of hydrogen-bond donors (Lipinski definition) is 0. The van der Waals surface area contributed by atoms with Gasteiger partial charge in [0.25, 0.3) is 0 Å². The molecule has 10 rings (SSSR count). The maximum absolute atomic E-state index is 2.50. The van der Waals surface area contributed by atoms with Crippen LogP contribution >= 0.6 is 0 Å². The van der Waals surface area contributed by atoms with Gasteiger partial charge < -0.3 is 9.13 Å². The van der Waals surface area contributed by atoms with Gasteiger partial charge in [0.1, 0.15) is 0 Å². The van der Waals surface area contributed by atoms with Gasteiger partial charge in [0.15, 0.2) is 0 Å². The lowest BCUT2D eigenvalue weighted by Crippen LogP contribution is -1.99. The number of aromatic nitrogens is 2. The summed E-state index contributed by atoms with van der Waals surface area (Å²) in [6, 6.07) is 39.3. The quantitative estimate of drug-likeness (QED) is 0.177. The molecule has 2 atom stereocenters. The van der Waals surface area contributed by atoms with Crippen molar-refractivity contribution in [2.24, 2.45) is 0 Å². The fourth-order valence-electron chi connectivity index (χ4n) is 8.52. The molecule has 2 aromatic heterocycles. The molecule has 0 amide bonds. The highest BCUT2D eigenvalue weighted by atomic mass is 15.0. The molecule has 3 aliphatic rings. The van der Waals surface area contributed by atoms with E-state index in [0.717, 1.165) is 25.7 Å². The minimum atomic E-state index is 0.415. The van der Waals surface area contributed by atoms with Crippen LogP contribution in [0.2, 0.25) is 0 Å². The van der Waals surface area contributed by atoms with Crippen LogP contribution in [0.1, 0.15) is 48.6 Å². The summed E-state index contributed by atoms with van der Waals surface area (Å²) in [5.74, 6) is 0.831. The maximum Gasteiger partial charge on any atom is 0.0541 e. The lowest BCUT2D eigenvalue weighted by atomic mass is 9.91. The molecular weight excluding hydrogens is 605 g/mol. The Bertz CT molecular complexity index is 2660. The number of benzene rings is 5. The molecule has 0 saturated heterocycles. The minimum Gasteiger partial charge on any atom is -0.313 e. The van der Waals surface area contributed by atoms with Crippen molar-refractivity contribution in [2.75, 3.05) is 0 Å². The highest BCUT2D eigenvalue weighted by Gasteiger charge is 2.19. The van der Waals surface area contributed by atoms with Crippen molar-refractivity contribution >= 4 is 49.3 Å². The Morgan fingerprint density at radius 2 is 1.10 bits per heavy atom. The summed E-state index contributed by atoms with van der Waals surface area (Å²) in [5, 5.41) is 5.21. The molecule has 0 aliphatic heterocycles. The fourth-order valence-corrected chi connectivity index (χ4v) is 8.52. The van der Waals surface area contributed by atoms with E-state index in [1.807, 2.05) is 0 Å². The molecule has 0 saturated carbocycles. The molecular formula is C48H38N2. The van der Waals surface area contributed by atoms with Crippen LogP contribution in [0.15, 0.2) is 170 Å². The second-order valence-corrected chi connectivity index (χ2v) is 14.0. The topological polar surface area (TPSA) is 9.86 Å². The third kappa shape index (κ3) is 4.78. The van der Waals surface area contributed by atoms with E-state index in [-0.39, 0.29) is 0 Å². The van der Waals surface area contributed by atoms with Crippen LogP contribution in [0.3, 0.4) is 0 Å². The van der Waals surface area contributed by atoms with Crippen LogP contribution in [0, 0.1) is 0 Å². The number of nitrogens with zero attached hydrogens (tertiary/aromatic N) is 2. The fraction of sp³-hybridized carbons (Fsp3) is 0.125. The Morgan fingerprint density at radius 3 is 1.80 bits per heavy atom. The summed E-state index contributed by atoms with van der Waals surface area (Å²) in [6.07, 6.45) is 28.9. The average molecular weight is 643 g/mol. The maximum atomic E-state index is 2.50. The summed E-state index contributed by atoms with van der Waals surface area (Å²) in [7, 11) is 0. The minimum absolute atomic E-state index is 0.415. The van der Waals surface area contributed by atoms with Gasteiger partial charge in [-0.1, -0.05) is 109 Å². The van der Waals surface area contributed by atoms with Crippen molar-refractivity contribution in [3.05, 3.63) is 181 Å². The summed E-state index contributed by atoms with van der Waals surface area (Å²) in [6.45, 7) is 0. The first kappa shape index (κ1) is 29.1. The average Bonchev–Trinajstić information content (AvgIpc) is 3.71. The van der Waals surface area contributed by atoms with E-state index in [2.05, 4.69) is 179 Å². The summed E-state index contributed by atoms with van der Waals surface area (Å²) < 4.78 is 4.95. The Morgan fingerprint density at radius 1 is 0.460 bits per heavy atom. The van der Waals surface area contributed by atoms with Gasteiger partial charge in [-0.3, -0.25) is 0 Å². The van der Waals surface area contributed by atoms with Crippen LogP contribution < -0.4 is 0 Å². The molecule has 7 aromatic rings. The van der Waals surface area contributed by atoms with E-state index in [1.54, 1.807) is 0 Å². The summed E-state index contributed by atoms with van der Waals surface area (Å²) >= 11 is 0. The van der Waals surface area contributed by atoms with Gasteiger partial charge in [-0.25, -0.2) is 0 Å². The van der Waals surface area contributed by atoms with Crippen LogP contribution in [0.4, 0.5) is 0 Å². The summed E-state index contributed by atoms with van der Waals surface area (Å²) in [5.41, 5.74) is 12.9. The van der Waals surface area contributed by atoms with Crippen molar-refractivity contribution in [3.8, 4) is 16.8 Å². The van der Waals surface area contributed by atoms with Gasteiger partial charge in [-0.2, -0.15) is 0 Å². The van der Waals surface area contributed by atoms with Crippen LogP contribution in [-0.2, 0) is 0 Å². The van der Waals surface area contributed by atoms with Crippen molar-refractivity contribution < 1.29 is 0 Å². The summed E-state index contributed by atoms with van der Waals surface area (Å²) in [4.78, 5) is 0. The molecule has 50 heavy (non-hydrogen) atoms. The highest BCUT2D eigenvalue weighted by molar-refractivity contribution is 6.13. The van der Waals surface area contributed by atoms with Crippen molar-refractivity contribution in [3.63, 3.8) is 0 Å². The third-order valence-corrected chi connectivity index (χ3v) is 11.0. The van der Waals surface area contributed by atoms with Crippen LogP contribution in [-0.4, -0.2) is 9.13 Å². The Kier molecular flexibility index (Phi) is 6.94. The lowest BCUT2D eigenvalue weighted by Gasteiger charge is -2.16. The number of fused-ring (bicyclic) bond motifs is 6. The van der Waals surface area contributed by atoms with Gasteiger partial charge in [0.2, 0.25) is 0 Å². The van der Waals surface area contributed by atoms with Crippen LogP contribution in [0.5, 0.6) is 0 Å². The predicted molar refractivity (Wildman–Crippen MR) is 213 cm³/mol. The molecule has 2 heteroatoms. The zero-order valence-corrected chi connectivity index (χ0v) is 28.0. The molecule has 2 heterocycles. The predicted octanol–water partition coefficient (Wildman–Crippen LogP) is 12.9. The SMILES string of the molecule is C1=CCCC(n2c3ccc(-c4ccc5c(c4)c4ccccc4n5-c4cccc(C5C=CC=CC5)c4)cc3c3cc(C4C=CC=CC4)ccc32)=C1. The standard InChI is InChI=1S/C48H38N2/c1-4-13-33(14-5-1)35-17-12-20-40(29-35)50-45-22-11-10-21-41(45)42-31-37(24-27-46(42)50)38-25-28-48-44(32-38)43-30-36(34-15-6-2-7-16-34)23-26-47(43)49(48)39-18-8-3-9-19-39/h1-8,10-13,15,17-18,20-34H,9,14,16,19H2. The van der Waals surface area contributed by atoms with Crippen molar-refractivity contribution in [2.45, 2.75) is 37.5 Å². The van der Waals surface area contributed by atoms with Gasteiger partial charge in [-0.15, -0.1) is 0 Å². The molecule has 240 valence electrons. The molecule has 0 spiro atoms. The van der Waals surface area contributed by atoms with E-state index < -0.39 is 0 Å². The van der Waals surface area contributed by atoms with E-state index in [0.29, 0.717) is 11.8 Å². The van der Waals surface area contributed by atoms with Crippen molar-refractivity contribution in [1.29, 1.82) is 0 Å². The Labute approximate surface area is 293 Å². The van der Waals surface area contributed by atoms with Crippen molar-refractivity contribution in [1.82, 2.24) is 9.13 Å². The Balaban J connectivity index is 1.13. The molecule has 5 aromatic carbocycles. The number of allylic oxidation sites excluding steroid dienone is 12. The molecule has 2 nitrogen and oxygen atoms in total. The van der Waals surface area contributed by atoms with E-state index >= 15 is 0 Å². The molecule has 0 N–H and O–H groups in total. The zero-order valence-electron chi connectivity index (χ0n) is 28.0. The van der Waals surface area contributed by atoms with Gasteiger partial charge in [0.05, 0.1) is 22.1 Å². The van der Waals surface area contributed by atoms with E-state index in [9.17, 15) is 0 Å². The van der Waals surface area contributed by atoms with Gasteiger partial charge >= 0.3 is 0 Å². The number of rotatable bonds is 5. The monoisotopic (exact) mass is 642 g/mol. The number of para-hydroxylation sites is 1. The molecule has 0 fully saturated rings. The van der Waals surface area contributed by atoms with Crippen LogP contribution in [0.25, 0.3) is 66.1 Å². The second kappa shape index (κ2) is 11.9. The van der Waals surface area contributed by atoms with E-state index in [1.165, 1.54) is 77.2 Å². The highest BCUT2D eigenvalue weighted by Crippen LogP contribution is 2.40.